The van der Waals surface area contributed by atoms with Crippen LogP contribution in [-0.4, -0.2) is 17.7 Å². The second-order valence-corrected chi connectivity index (χ2v) is 8.28. The fraction of sp³-hybridized carbons (Fsp3) is 0.0357. The summed E-state index contributed by atoms with van der Waals surface area (Å²) in [6, 6.07) is 27.8. The molecule has 0 spiro atoms. The van der Waals surface area contributed by atoms with Crippen LogP contribution >= 0.6 is 11.6 Å². The molecule has 5 rings (SSSR count). The van der Waals surface area contributed by atoms with E-state index in [0.717, 1.165) is 10.5 Å². The summed E-state index contributed by atoms with van der Waals surface area (Å²) in [6.07, 6.45) is 0. The van der Waals surface area contributed by atoms with Crippen LogP contribution in [0.2, 0.25) is 5.02 Å². The summed E-state index contributed by atoms with van der Waals surface area (Å²) in [7, 11) is 0. The number of rotatable bonds is 6. The quantitative estimate of drug-likeness (QED) is 0.343. The van der Waals surface area contributed by atoms with Gasteiger partial charge >= 0.3 is 0 Å². The second kappa shape index (κ2) is 9.44. The number of halogens is 1. The molecule has 172 valence electrons. The molecule has 0 saturated heterocycles. The molecule has 6 nitrogen and oxygen atoms in total. The summed E-state index contributed by atoms with van der Waals surface area (Å²) in [4.78, 5) is 39.6. The molecule has 0 aromatic heterocycles. The van der Waals surface area contributed by atoms with Gasteiger partial charge in [0.2, 0.25) is 0 Å². The highest BCUT2D eigenvalue weighted by atomic mass is 35.5. The summed E-state index contributed by atoms with van der Waals surface area (Å²) in [6.45, 7) is 0.229. The van der Waals surface area contributed by atoms with Crippen molar-refractivity contribution in [1.82, 2.24) is 0 Å². The number of carbonyl (C=O) groups excluding carboxylic acids is 3. The van der Waals surface area contributed by atoms with Crippen molar-refractivity contribution in [1.29, 1.82) is 0 Å². The van der Waals surface area contributed by atoms with Crippen molar-refractivity contribution in [3.63, 3.8) is 0 Å². The van der Waals surface area contributed by atoms with Gasteiger partial charge in [0.05, 0.1) is 21.8 Å². The molecule has 1 aliphatic rings. The monoisotopic (exact) mass is 482 g/mol. The zero-order valence-corrected chi connectivity index (χ0v) is 19.2. The Bertz CT molecular complexity index is 1420. The van der Waals surface area contributed by atoms with Crippen LogP contribution in [0.5, 0.6) is 5.75 Å². The molecule has 4 aromatic carbocycles. The van der Waals surface area contributed by atoms with Crippen LogP contribution in [0.3, 0.4) is 0 Å². The van der Waals surface area contributed by atoms with E-state index in [1.165, 1.54) is 6.07 Å². The zero-order chi connectivity index (χ0) is 24.4. The molecule has 0 aliphatic carbocycles. The van der Waals surface area contributed by atoms with Gasteiger partial charge in [-0.3, -0.25) is 14.4 Å². The number of para-hydroxylation sites is 1. The minimum atomic E-state index is -0.434. The third kappa shape index (κ3) is 4.39. The smallest absolute Gasteiger partial charge is 0.266 e. The lowest BCUT2D eigenvalue weighted by Gasteiger charge is -2.17. The number of hydrogen-bond donors (Lipinski definition) is 1. The maximum Gasteiger partial charge on any atom is 0.266 e. The van der Waals surface area contributed by atoms with Gasteiger partial charge in [0.25, 0.3) is 17.7 Å². The number of imide groups is 1. The summed E-state index contributed by atoms with van der Waals surface area (Å²) < 4.78 is 5.80. The van der Waals surface area contributed by atoms with Gasteiger partial charge < -0.3 is 10.1 Å². The van der Waals surface area contributed by atoms with Gasteiger partial charge in [-0.1, -0.05) is 60.1 Å². The maximum absolute atomic E-state index is 13.0. The molecular formula is C28H19ClN2O4. The molecule has 1 heterocycles. The number of benzene rings is 4. The van der Waals surface area contributed by atoms with E-state index in [1.54, 1.807) is 48.5 Å². The van der Waals surface area contributed by atoms with Crippen LogP contribution in [0.1, 0.15) is 36.6 Å². The maximum atomic E-state index is 13.0. The van der Waals surface area contributed by atoms with E-state index in [0.29, 0.717) is 28.1 Å². The Morgan fingerprint density at radius 3 is 2.11 bits per heavy atom. The molecule has 0 atom stereocenters. The predicted molar refractivity (Wildman–Crippen MR) is 134 cm³/mol. The molecule has 3 amide bonds. The molecule has 35 heavy (non-hydrogen) atoms. The molecule has 1 aliphatic heterocycles. The van der Waals surface area contributed by atoms with Crippen LogP contribution in [-0.2, 0) is 6.61 Å². The largest absolute Gasteiger partial charge is 0.489 e. The van der Waals surface area contributed by atoms with Gasteiger partial charge in [-0.15, -0.1) is 0 Å². The van der Waals surface area contributed by atoms with Crippen LogP contribution < -0.4 is 15.0 Å². The Kier molecular flexibility index (Phi) is 6.04. The van der Waals surface area contributed by atoms with Crippen molar-refractivity contribution in [3.8, 4) is 5.75 Å². The van der Waals surface area contributed by atoms with E-state index in [9.17, 15) is 14.4 Å². The number of ether oxygens (including phenoxy) is 1. The lowest BCUT2D eigenvalue weighted by molar-refractivity contribution is 0.0924. The van der Waals surface area contributed by atoms with E-state index >= 15 is 0 Å². The van der Waals surface area contributed by atoms with Gasteiger partial charge in [0.1, 0.15) is 12.4 Å². The summed E-state index contributed by atoms with van der Waals surface area (Å²) >= 11 is 6.44. The summed E-state index contributed by atoms with van der Waals surface area (Å²) in [5.74, 6) is -0.492. The first-order valence-electron chi connectivity index (χ1n) is 10.9. The Balaban J connectivity index is 1.33. The number of carbonyl (C=O) groups is 3. The molecule has 0 bridgehead atoms. The molecule has 7 heteroatoms. The number of amides is 3. The Labute approximate surface area is 206 Å². The normalized spacial score (nSPS) is 12.4. The Hall–Kier alpha value is -4.42. The van der Waals surface area contributed by atoms with E-state index in [1.807, 2.05) is 42.5 Å². The molecule has 4 aromatic rings. The minimum absolute atomic E-state index is 0.165. The van der Waals surface area contributed by atoms with Crippen molar-refractivity contribution in [2.45, 2.75) is 6.61 Å². The molecule has 0 unspecified atom stereocenters. The first-order valence-corrected chi connectivity index (χ1v) is 11.2. The predicted octanol–water partition coefficient (Wildman–Crippen LogP) is 5.97. The highest BCUT2D eigenvalue weighted by Gasteiger charge is 2.37. The van der Waals surface area contributed by atoms with Gasteiger partial charge in [0, 0.05) is 16.8 Å². The number of nitrogens with one attached hydrogen (secondary N) is 1. The SMILES string of the molecule is O=C(Nc1ccc(N2C(=O)c3ccccc3C2=O)c(Cl)c1)c1ccccc1COc1ccccc1. The molecule has 0 radical (unpaired) electrons. The second-order valence-electron chi connectivity index (χ2n) is 7.87. The van der Waals surface area contributed by atoms with Gasteiger partial charge in [-0.05, 0) is 48.5 Å². The molecule has 1 N–H and O–H groups in total. The number of fused-ring (bicyclic) bond motifs is 1. The van der Waals surface area contributed by atoms with Crippen LogP contribution in [0, 0.1) is 0 Å². The lowest BCUT2D eigenvalue weighted by atomic mass is 10.1. The van der Waals surface area contributed by atoms with E-state index < -0.39 is 11.8 Å². The lowest BCUT2D eigenvalue weighted by Crippen LogP contribution is -2.29. The third-order valence-electron chi connectivity index (χ3n) is 5.64. The first-order chi connectivity index (χ1) is 17.0. The third-order valence-corrected chi connectivity index (χ3v) is 5.94. The summed E-state index contributed by atoms with van der Waals surface area (Å²) in [5.41, 5.74) is 2.54. The highest BCUT2D eigenvalue weighted by molar-refractivity contribution is 6.40. The average Bonchev–Trinajstić information content (AvgIpc) is 3.13. The van der Waals surface area contributed by atoms with Crippen LogP contribution in [0.25, 0.3) is 0 Å². The van der Waals surface area contributed by atoms with Gasteiger partial charge in [-0.25, -0.2) is 4.90 Å². The fourth-order valence-corrected chi connectivity index (χ4v) is 4.18. The fourth-order valence-electron chi connectivity index (χ4n) is 3.92. The standard InChI is InChI=1S/C28H19ClN2O4/c29-24-16-19(14-15-25(24)31-27(33)22-12-6-7-13-23(22)28(31)34)30-26(32)21-11-5-4-8-18(21)17-35-20-9-2-1-3-10-20/h1-16H,17H2,(H,30,32). The summed E-state index contributed by atoms with van der Waals surface area (Å²) in [5, 5.41) is 2.99. The highest BCUT2D eigenvalue weighted by Crippen LogP contribution is 2.35. The zero-order valence-electron chi connectivity index (χ0n) is 18.4. The Morgan fingerprint density at radius 1 is 0.800 bits per heavy atom. The van der Waals surface area contributed by atoms with E-state index in [-0.39, 0.29) is 23.2 Å². The number of hydrogen-bond acceptors (Lipinski definition) is 4. The van der Waals surface area contributed by atoms with Crippen molar-refractivity contribution >= 4 is 40.7 Å². The molecule has 0 saturated carbocycles. The van der Waals surface area contributed by atoms with Crippen molar-refractivity contribution < 1.29 is 19.1 Å². The minimum Gasteiger partial charge on any atom is -0.489 e. The van der Waals surface area contributed by atoms with Crippen LogP contribution in [0.4, 0.5) is 11.4 Å². The molecular weight excluding hydrogens is 464 g/mol. The van der Waals surface area contributed by atoms with Crippen LogP contribution in [0.15, 0.2) is 97.1 Å². The van der Waals surface area contributed by atoms with E-state index in [2.05, 4.69) is 5.32 Å². The first kappa shape index (κ1) is 22.4. The Morgan fingerprint density at radius 2 is 1.43 bits per heavy atom. The number of anilines is 2. The topological polar surface area (TPSA) is 75.7 Å². The van der Waals surface area contributed by atoms with Crippen molar-refractivity contribution in [3.05, 3.63) is 124 Å². The van der Waals surface area contributed by atoms with Gasteiger partial charge in [0.15, 0.2) is 0 Å². The van der Waals surface area contributed by atoms with E-state index in [4.69, 9.17) is 16.3 Å². The van der Waals surface area contributed by atoms with Crippen molar-refractivity contribution in [2.75, 3.05) is 10.2 Å². The number of nitrogens with zero attached hydrogens (tertiary/aromatic N) is 1. The average molecular weight is 483 g/mol. The van der Waals surface area contributed by atoms with Gasteiger partial charge in [-0.2, -0.15) is 0 Å². The van der Waals surface area contributed by atoms with Crippen molar-refractivity contribution in [2.24, 2.45) is 0 Å². The molecule has 0 fully saturated rings.